The van der Waals surface area contributed by atoms with Crippen LogP contribution in [0.5, 0.6) is 0 Å². The number of aromatic nitrogens is 2. The van der Waals surface area contributed by atoms with Gasteiger partial charge in [0.15, 0.2) is 0 Å². The van der Waals surface area contributed by atoms with Gasteiger partial charge in [-0.25, -0.2) is 4.98 Å². The van der Waals surface area contributed by atoms with E-state index in [-0.39, 0.29) is 26.5 Å². The molecule has 9 aromatic rings. The molecule has 7 aromatic carbocycles. The van der Waals surface area contributed by atoms with E-state index in [0.29, 0.717) is 6.67 Å². The minimum absolute atomic E-state index is 0. The molecule has 3 heterocycles. The zero-order valence-corrected chi connectivity index (χ0v) is 34.8. The molecule has 0 saturated carbocycles. The number of para-hydroxylation sites is 4. The maximum Gasteiger partial charge on any atom is 2.00 e. The molecule has 282 valence electrons. The molecule has 1 aliphatic carbocycles. The fourth-order valence-corrected chi connectivity index (χ4v) is 9.40. The number of hydrogen-bond acceptors (Lipinski definition) is 3. The molecule has 0 atom stereocenters. The summed E-state index contributed by atoms with van der Waals surface area (Å²) in [5.41, 5.74) is 14.3. The number of pyridine rings is 1. The van der Waals surface area contributed by atoms with E-state index in [1.807, 2.05) is 6.20 Å². The summed E-state index contributed by atoms with van der Waals surface area (Å²) in [6.45, 7) is 7.45. The molecule has 11 rings (SSSR count). The first-order chi connectivity index (χ1) is 27.9. The van der Waals surface area contributed by atoms with Crippen LogP contribution in [-0.2, 0) is 31.9 Å². The van der Waals surface area contributed by atoms with Gasteiger partial charge >= 0.3 is 21.1 Å². The fourth-order valence-electron chi connectivity index (χ4n) is 9.40. The zero-order chi connectivity index (χ0) is 38.3. The van der Waals surface area contributed by atoms with Crippen LogP contribution >= 0.6 is 0 Å². The predicted octanol–water partition coefficient (Wildman–Crippen LogP) is 12.7. The molecular formula is C53H40N4Pt. The molecule has 2 aromatic heterocycles. The minimum Gasteiger partial charge on any atom is -0.345 e. The van der Waals surface area contributed by atoms with E-state index in [1.54, 1.807) is 0 Å². The van der Waals surface area contributed by atoms with Crippen molar-refractivity contribution in [3.63, 3.8) is 0 Å². The molecule has 0 fully saturated rings. The Balaban J connectivity index is 0.00000408. The normalized spacial score (nSPS) is 14.0. The van der Waals surface area contributed by atoms with E-state index in [2.05, 4.69) is 217 Å². The topological polar surface area (TPSA) is 24.3 Å². The third kappa shape index (κ3) is 5.35. The molecular weight excluding hydrogens is 888 g/mol. The SMILES string of the molecule is CC(C)(C)c1ccnc(-n2c3[c-]c(C4(c5[c-]c(N6CN(c7ccccc7)c7ccccc76)ccc5)c5ccccc5-c5ccccc54)ccc3c3ccccc32)c1.[Pt+2]. The number of benzene rings is 7. The van der Waals surface area contributed by atoms with Gasteiger partial charge in [0.1, 0.15) is 5.82 Å². The van der Waals surface area contributed by atoms with Gasteiger partial charge in [-0.3, -0.25) is 0 Å². The molecule has 0 spiro atoms. The minimum atomic E-state index is -0.697. The molecule has 1 aliphatic heterocycles. The number of anilines is 4. The number of fused-ring (bicyclic) bond motifs is 7. The van der Waals surface area contributed by atoms with Gasteiger partial charge in [0.05, 0.1) is 18.0 Å². The van der Waals surface area contributed by atoms with Crippen LogP contribution in [0.15, 0.2) is 176 Å². The maximum atomic E-state index is 5.00. The molecule has 0 amide bonds. The molecule has 4 nitrogen and oxygen atoms in total. The van der Waals surface area contributed by atoms with Gasteiger partial charge in [0.2, 0.25) is 0 Å². The van der Waals surface area contributed by atoms with Gasteiger partial charge in [-0.1, -0.05) is 129 Å². The van der Waals surface area contributed by atoms with E-state index in [1.165, 1.54) is 50.3 Å². The first kappa shape index (κ1) is 36.1. The molecule has 0 bridgehead atoms. The molecule has 0 N–H and O–H groups in total. The van der Waals surface area contributed by atoms with Crippen LogP contribution in [0.3, 0.4) is 0 Å². The van der Waals surface area contributed by atoms with Crippen molar-refractivity contribution in [3.8, 4) is 16.9 Å². The summed E-state index contributed by atoms with van der Waals surface area (Å²) in [7, 11) is 0. The van der Waals surface area contributed by atoms with E-state index in [4.69, 9.17) is 4.98 Å². The van der Waals surface area contributed by atoms with Crippen LogP contribution in [-0.4, -0.2) is 16.2 Å². The fraction of sp³-hybridized carbons (Fsp3) is 0.113. The van der Waals surface area contributed by atoms with Gasteiger partial charge in [0, 0.05) is 22.8 Å². The van der Waals surface area contributed by atoms with Gasteiger partial charge in [-0.2, -0.15) is 36.4 Å². The zero-order valence-electron chi connectivity index (χ0n) is 32.6. The number of rotatable bonds is 5. The van der Waals surface area contributed by atoms with E-state index in [9.17, 15) is 0 Å². The van der Waals surface area contributed by atoms with E-state index < -0.39 is 5.41 Å². The second-order valence-corrected chi connectivity index (χ2v) is 16.3. The monoisotopic (exact) mass is 927 g/mol. The van der Waals surface area contributed by atoms with Crippen molar-refractivity contribution in [1.82, 2.24) is 9.55 Å². The Kier molecular flexibility index (Phi) is 8.55. The molecule has 58 heavy (non-hydrogen) atoms. The van der Waals surface area contributed by atoms with Crippen molar-refractivity contribution in [2.75, 3.05) is 16.5 Å². The summed E-state index contributed by atoms with van der Waals surface area (Å²) in [6.07, 6.45) is 1.95. The number of nitrogens with zero attached hydrogens (tertiary/aromatic N) is 4. The van der Waals surface area contributed by atoms with Crippen LogP contribution in [0, 0.1) is 12.1 Å². The Hall–Kier alpha value is -6.22. The van der Waals surface area contributed by atoms with Crippen molar-refractivity contribution in [2.45, 2.75) is 31.6 Å². The van der Waals surface area contributed by atoms with Crippen molar-refractivity contribution in [3.05, 3.63) is 216 Å². The van der Waals surface area contributed by atoms with E-state index in [0.717, 1.165) is 39.1 Å². The first-order valence-electron chi connectivity index (χ1n) is 19.8. The predicted molar refractivity (Wildman–Crippen MR) is 234 cm³/mol. The van der Waals surface area contributed by atoms with Crippen LogP contribution in [0.2, 0.25) is 0 Å². The second-order valence-electron chi connectivity index (χ2n) is 16.3. The summed E-state index contributed by atoms with van der Waals surface area (Å²) in [5.74, 6) is 0.896. The molecule has 5 heteroatoms. The first-order valence-corrected chi connectivity index (χ1v) is 19.8. The Morgan fingerprint density at radius 1 is 0.569 bits per heavy atom. The third-order valence-electron chi connectivity index (χ3n) is 12.1. The molecule has 0 unspecified atom stereocenters. The van der Waals surface area contributed by atoms with E-state index >= 15 is 0 Å². The number of hydrogen-bond donors (Lipinski definition) is 0. The van der Waals surface area contributed by atoms with Crippen LogP contribution in [0.25, 0.3) is 38.8 Å². The Labute approximate surface area is 354 Å². The maximum absolute atomic E-state index is 5.00. The van der Waals surface area contributed by atoms with Gasteiger partial charge < -0.3 is 14.4 Å². The summed E-state index contributed by atoms with van der Waals surface area (Å²) < 4.78 is 2.31. The quantitative estimate of drug-likeness (QED) is 0.161. The Bertz CT molecular complexity index is 2970. The van der Waals surface area contributed by atoms with Crippen molar-refractivity contribution < 1.29 is 21.1 Å². The average Bonchev–Trinajstić information content (AvgIpc) is 3.91. The molecule has 0 saturated heterocycles. The largest absolute Gasteiger partial charge is 2.00 e. The summed E-state index contributed by atoms with van der Waals surface area (Å²) in [5, 5.41) is 2.34. The second kappa shape index (κ2) is 13.7. The van der Waals surface area contributed by atoms with Crippen LogP contribution in [0.1, 0.15) is 48.6 Å². The molecule has 2 aliphatic rings. The molecule has 0 radical (unpaired) electrons. The van der Waals surface area contributed by atoms with Crippen LogP contribution < -0.4 is 9.80 Å². The van der Waals surface area contributed by atoms with Crippen molar-refractivity contribution in [1.29, 1.82) is 0 Å². The smallest absolute Gasteiger partial charge is 0.345 e. The Morgan fingerprint density at radius 2 is 1.21 bits per heavy atom. The summed E-state index contributed by atoms with van der Waals surface area (Å²) in [4.78, 5) is 9.78. The van der Waals surface area contributed by atoms with Crippen LogP contribution in [0.4, 0.5) is 22.7 Å². The van der Waals surface area contributed by atoms with Gasteiger partial charge in [0.25, 0.3) is 0 Å². The van der Waals surface area contributed by atoms with Crippen molar-refractivity contribution >= 4 is 44.6 Å². The summed E-state index contributed by atoms with van der Waals surface area (Å²) in [6, 6.07) is 69.7. The van der Waals surface area contributed by atoms with Gasteiger partial charge in [-0.05, 0) is 81.1 Å². The van der Waals surface area contributed by atoms with Crippen molar-refractivity contribution in [2.24, 2.45) is 0 Å². The van der Waals surface area contributed by atoms with Gasteiger partial charge in [-0.15, -0.1) is 22.6 Å². The third-order valence-corrected chi connectivity index (χ3v) is 12.1. The summed E-state index contributed by atoms with van der Waals surface area (Å²) >= 11 is 0. The Morgan fingerprint density at radius 3 is 1.95 bits per heavy atom. The standard InChI is InChI=1S/C53H40N4.Pt/c1-52(2,3)36-30-31-54-51(34-36)57-47-25-12-9-22-43(47)44-29-28-38(33-50(44)57)53(45-23-10-7-20-41(45)42-21-8-11-24-46(42)53)37-16-15-19-40(32-37)56-35-55(39-17-5-4-6-18-39)48-26-13-14-27-49(48)56;/h4-31,34H,35H2,1-3H3;/q-2;+2. The average molecular weight is 928 g/mol.